The summed E-state index contributed by atoms with van der Waals surface area (Å²) >= 11 is 0. The van der Waals surface area contributed by atoms with Gasteiger partial charge in [0.1, 0.15) is 11.4 Å². The van der Waals surface area contributed by atoms with Crippen molar-refractivity contribution in [2.45, 2.75) is 18.5 Å². The van der Waals surface area contributed by atoms with Gasteiger partial charge in [-0.1, -0.05) is 6.07 Å². The summed E-state index contributed by atoms with van der Waals surface area (Å²) in [6.07, 6.45) is 4.43. The Bertz CT molecular complexity index is 781. The van der Waals surface area contributed by atoms with Crippen LogP contribution in [0, 0.1) is 5.82 Å². The van der Waals surface area contributed by atoms with Gasteiger partial charge >= 0.3 is 0 Å². The van der Waals surface area contributed by atoms with E-state index in [-0.39, 0.29) is 11.7 Å². The molecule has 0 bridgehead atoms. The Morgan fingerprint density at radius 1 is 1.44 bits per heavy atom. The van der Waals surface area contributed by atoms with Crippen LogP contribution < -0.4 is 10.6 Å². The molecule has 3 rings (SSSR count). The van der Waals surface area contributed by atoms with Gasteiger partial charge in [0.25, 0.3) is 0 Å². The van der Waals surface area contributed by atoms with E-state index in [4.69, 9.17) is 4.74 Å². The Morgan fingerprint density at radius 3 is 3.00 bits per heavy atom. The number of methoxy groups -OCH3 is 1. The summed E-state index contributed by atoms with van der Waals surface area (Å²) in [6, 6.07) is 6.21. The van der Waals surface area contributed by atoms with Crippen LogP contribution in [0.15, 0.2) is 36.7 Å². The van der Waals surface area contributed by atoms with E-state index in [1.165, 1.54) is 12.1 Å². The molecule has 1 saturated heterocycles. The number of aryl methyl sites for hydroxylation is 1. The molecule has 1 unspecified atom stereocenters. The first-order valence-electron chi connectivity index (χ1n) is 9.02. The van der Waals surface area contributed by atoms with Crippen LogP contribution in [0.2, 0.25) is 0 Å². The van der Waals surface area contributed by atoms with Gasteiger partial charge in [-0.3, -0.25) is 14.4 Å². The number of hydrogen-bond donors (Lipinski definition) is 2. The average molecular weight is 375 g/mol. The van der Waals surface area contributed by atoms with Crippen LogP contribution in [-0.2, 0) is 23.1 Å². The first kappa shape index (κ1) is 19.3. The first-order valence-corrected chi connectivity index (χ1v) is 9.02. The number of hydrogen-bond acceptors (Lipinski definition) is 5. The van der Waals surface area contributed by atoms with Gasteiger partial charge in [-0.05, 0) is 24.6 Å². The molecule has 2 aromatic rings. The Labute approximate surface area is 158 Å². The minimum atomic E-state index is -0.816. The number of amides is 1. The maximum Gasteiger partial charge on any atom is 0.247 e. The maximum absolute atomic E-state index is 13.6. The molecule has 1 aliphatic heterocycles. The number of likely N-dealkylation sites (tertiary alicyclic amines) is 1. The molecule has 7 nitrogen and oxygen atoms in total. The second-order valence-corrected chi connectivity index (χ2v) is 6.95. The molecule has 0 spiro atoms. The highest BCUT2D eigenvalue weighted by atomic mass is 19.1. The zero-order valence-corrected chi connectivity index (χ0v) is 15.7. The van der Waals surface area contributed by atoms with E-state index < -0.39 is 5.54 Å². The highest BCUT2D eigenvalue weighted by Gasteiger charge is 2.44. The summed E-state index contributed by atoms with van der Waals surface area (Å²) < 4.78 is 20.4. The molecule has 1 amide bonds. The lowest BCUT2D eigenvalue weighted by molar-refractivity contribution is -0.125. The number of halogens is 1. The smallest absolute Gasteiger partial charge is 0.247 e. The van der Waals surface area contributed by atoms with Crippen molar-refractivity contribution in [2.75, 3.05) is 38.7 Å². The van der Waals surface area contributed by atoms with Crippen molar-refractivity contribution in [3.05, 3.63) is 48.0 Å². The van der Waals surface area contributed by atoms with Gasteiger partial charge in [-0.25, -0.2) is 4.39 Å². The van der Waals surface area contributed by atoms with Crippen LogP contribution in [0.1, 0.15) is 12.0 Å². The molecule has 146 valence electrons. The molecule has 2 heterocycles. The Kier molecular flexibility index (Phi) is 6.08. The molecule has 1 aliphatic rings. The summed E-state index contributed by atoms with van der Waals surface area (Å²) in [6.45, 7) is 2.88. The van der Waals surface area contributed by atoms with Gasteiger partial charge < -0.3 is 15.4 Å². The molecule has 1 fully saturated rings. The summed E-state index contributed by atoms with van der Waals surface area (Å²) in [4.78, 5) is 15.2. The van der Waals surface area contributed by atoms with Crippen molar-refractivity contribution >= 4 is 11.6 Å². The third-order valence-electron chi connectivity index (χ3n) is 4.75. The molecule has 1 atom stereocenters. The average Bonchev–Trinajstić information content (AvgIpc) is 3.22. The number of aromatic nitrogens is 2. The van der Waals surface area contributed by atoms with Gasteiger partial charge in [-0.2, -0.15) is 5.10 Å². The van der Waals surface area contributed by atoms with Crippen molar-refractivity contribution in [1.29, 1.82) is 0 Å². The zero-order chi connectivity index (χ0) is 19.3. The van der Waals surface area contributed by atoms with Crippen LogP contribution in [0.4, 0.5) is 10.1 Å². The van der Waals surface area contributed by atoms with Gasteiger partial charge in [-0.15, -0.1) is 0 Å². The van der Waals surface area contributed by atoms with E-state index in [0.717, 1.165) is 12.1 Å². The minimum absolute atomic E-state index is 0.0995. The molecule has 8 heteroatoms. The highest BCUT2D eigenvalue weighted by Crippen LogP contribution is 2.28. The van der Waals surface area contributed by atoms with Gasteiger partial charge in [0.2, 0.25) is 5.91 Å². The fraction of sp³-hybridized carbons (Fsp3) is 0.474. The number of carbonyl (C=O) groups excluding carboxylic acids is 1. The fourth-order valence-electron chi connectivity index (χ4n) is 3.46. The van der Waals surface area contributed by atoms with Crippen LogP contribution in [-0.4, -0.2) is 59.5 Å². The molecular weight excluding hydrogens is 349 g/mol. The van der Waals surface area contributed by atoms with Crippen molar-refractivity contribution in [3.8, 4) is 0 Å². The topological polar surface area (TPSA) is 71.4 Å². The van der Waals surface area contributed by atoms with Crippen LogP contribution >= 0.6 is 0 Å². The maximum atomic E-state index is 13.6. The molecule has 2 N–H and O–H groups in total. The third kappa shape index (κ3) is 4.84. The molecule has 1 aromatic heterocycles. The van der Waals surface area contributed by atoms with Gasteiger partial charge in [0, 0.05) is 57.8 Å². The van der Waals surface area contributed by atoms with E-state index in [2.05, 4.69) is 20.6 Å². The predicted molar refractivity (Wildman–Crippen MR) is 101 cm³/mol. The molecule has 27 heavy (non-hydrogen) atoms. The van der Waals surface area contributed by atoms with Crippen molar-refractivity contribution in [1.82, 2.24) is 20.0 Å². The van der Waals surface area contributed by atoms with Crippen molar-refractivity contribution in [2.24, 2.45) is 7.05 Å². The fourth-order valence-corrected chi connectivity index (χ4v) is 3.46. The van der Waals surface area contributed by atoms with E-state index in [0.29, 0.717) is 38.3 Å². The number of nitrogens with one attached hydrogen (secondary N) is 2. The predicted octanol–water partition coefficient (Wildman–Crippen LogP) is 1.38. The Balaban J connectivity index is 1.74. The van der Waals surface area contributed by atoms with Crippen LogP contribution in [0.25, 0.3) is 0 Å². The van der Waals surface area contributed by atoms with Crippen LogP contribution in [0.5, 0.6) is 0 Å². The third-order valence-corrected chi connectivity index (χ3v) is 4.75. The second kappa shape index (κ2) is 8.49. The van der Waals surface area contributed by atoms with E-state index >= 15 is 0 Å². The lowest BCUT2D eigenvalue weighted by Crippen LogP contribution is -2.54. The van der Waals surface area contributed by atoms with E-state index in [1.54, 1.807) is 23.9 Å². The lowest BCUT2D eigenvalue weighted by atomic mass is 9.96. The molecular formula is C19H26FN5O2. The molecule has 0 aliphatic carbocycles. The Hall–Kier alpha value is -2.45. The summed E-state index contributed by atoms with van der Waals surface area (Å²) in [5.41, 5.74) is 0.878. The monoisotopic (exact) mass is 375 g/mol. The quantitative estimate of drug-likeness (QED) is 0.682. The van der Waals surface area contributed by atoms with E-state index in [1.807, 2.05) is 19.4 Å². The summed E-state index contributed by atoms with van der Waals surface area (Å²) in [7, 11) is 3.48. The summed E-state index contributed by atoms with van der Waals surface area (Å²) in [5.74, 6) is -0.433. The molecule has 0 saturated carbocycles. The van der Waals surface area contributed by atoms with Crippen molar-refractivity contribution < 1.29 is 13.9 Å². The summed E-state index contributed by atoms with van der Waals surface area (Å²) in [5, 5.41) is 10.4. The molecule has 0 radical (unpaired) electrons. The van der Waals surface area contributed by atoms with Crippen molar-refractivity contribution in [3.63, 3.8) is 0 Å². The lowest BCUT2D eigenvalue weighted by Gasteiger charge is -2.30. The number of ether oxygens (including phenoxy) is 1. The standard InChI is InChI=1S/C19H26FN5O2/c1-24-12-15(11-22-24)13-25-8-6-19(14-25,18(26)21-7-9-27-2)23-17-5-3-4-16(20)10-17/h3-5,10-12,23H,6-9,13-14H2,1-2H3,(H,21,26). The van der Waals surface area contributed by atoms with E-state index in [9.17, 15) is 9.18 Å². The number of rotatable bonds is 8. The molecule has 1 aromatic carbocycles. The number of benzene rings is 1. The zero-order valence-electron chi connectivity index (χ0n) is 15.7. The van der Waals surface area contributed by atoms with Crippen LogP contribution in [0.3, 0.4) is 0 Å². The number of carbonyl (C=O) groups is 1. The van der Waals surface area contributed by atoms with Gasteiger partial charge in [0.05, 0.1) is 12.8 Å². The second-order valence-electron chi connectivity index (χ2n) is 6.95. The Morgan fingerprint density at radius 2 is 2.30 bits per heavy atom. The SMILES string of the molecule is COCCNC(=O)C1(Nc2cccc(F)c2)CCN(Cc2cnn(C)c2)C1. The number of anilines is 1. The minimum Gasteiger partial charge on any atom is -0.383 e. The normalized spacial score (nSPS) is 20.0. The highest BCUT2D eigenvalue weighted by molar-refractivity contribution is 5.90. The largest absolute Gasteiger partial charge is 0.383 e. The number of nitrogens with zero attached hydrogens (tertiary/aromatic N) is 3. The first-order chi connectivity index (χ1) is 13.0. The van der Waals surface area contributed by atoms with Gasteiger partial charge in [0.15, 0.2) is 0 Å².